The number of nitrogens with zero attached hydrogens (tertiary/aromatic N) is 2. The number of ether oxygens (including phenoxy) is 1. The van der Waals surface area contributed by atoms with Gasteiger partial charge in [-0.1, -0.05) is 23.8 Å². The number of nitrogen functional groups attached to an aromatic ring is 1. The van der Waals surface area contributed by atoms with Crippen molar-refractivity contribution in [1.29, 1.82) is 0 Å². The second-order valence-corrected chi connectivity index (χ2v) is 4.50. The summed E-state index contributed by atoms with van der Waals surface area (Å²) in [5.74, 6) is 1.51. The van der Waals surface area contributed by atoms with Crippen molar-refractivity contribution in [2.45, 2.75) is 13.5 Å². The van der Waals surface area contributed by atoms with Crippen molar-refractivity contribution in [2.24, 2.45) is 0 Å². The number of benzene rings is 1. The summed E-state index contributed by atoms with van der Waals surface area (Å²) in [5, 5.41) is 0. The number of aryl methyl sites for hydroxylation is 1. The SMILES string of the molecule is Cc1ccc(OCc2cnc3cccc(N)n23)cc1. The lowest BCUT2D eigenvalue weighted by Crippen LogP contribution is -2.03. The maximum atomic E-state index is 5.96. The van der Waals surface area contributed by atoms with Gasteiger partial charge < -0.3 is 10.5 Å². The maximum absolute atomic E-state index is 5.96. The van der Waals surface area contributed by atoms with E-state index in [1.165, 1.54) is 5.56 Å². The molecular weight excluding hydrogens is 238 g/mol. The number of rotatable bonds is 3. The Balaban J connectivity index is 1.84. The summed E-state index contributed by atoms with van der Waals surface area (Å²) < 4.78 is 7.65. The quantitative estimate of drug-likeness (QED) is 0.781. The van der Waals surface area contributed by atoms with Gasteiger partial charge in [0.1, 0.15) is 23.8 Å². The first kappa shape index (κ1) is 11.6. The van der Waals surface area contributed by atoms with Crippen LogP contribution in [0.2, 0.25) is 0 Å². The van der Waals surface area contributed by atoms with E-state index in [2.05, 4.69) is 11.9 Å². The van der Waals surface area contributed by atoms with Crippen LogP contribution in [-0.2, 0) is 6.61 Å². The molecule has 3 aromatic rings. The predicted molar refractivity (Wildman–Crippen MR) is 75.1 cm³/mol. The maximum Gasteiger partial charge on any atom is 0.138 e. The summed E-state index contributed by atoms with van der Waals surface area (Å²) in [7, 11) is 0. The highest BCUT2D eigenvalue weighted by Crippen LogP contribution is 2.16. The van der Waals surface area contributed by atoms with Crippen LogP contribution in [0.5, 0.6) is 5.75 Å². The lowest BCUT2D eigenvalue weighted by atomic mass is 10.2. The third-order valence-electron chi connectivity index (χ3n) is 3.04. The topological polar surface area (TPSA) is 52.5 Å². The van der Waals surface area contributed by atoms with E-state index in [-0.39, 0.29) is 0 Å². The first-order valence-electron chi connectivity index (χ1n) is 6.14. The van der Waals surface area contributed by atoms with Crippen molar-refractivity contribution in [3.05, 3.63) is 59.9 Å². The number of hydrogen-bond donors (Lipinski definition) is 1. The number of pyridine rings is 1. The molecule has 0 aliphatic rings. The summed E-state index contributed by atoms with van der Waals surface area (Å²) in [5.41, 5.74) is 8.95. The van der Waals surface area contributed by atoms with E-state index in [9.17, 15) is 0 Å². The number of anilines is 1. The third-order valence-corrected chi connectivity index (χ3v) is 3.04. The average molecular weight is 253 g/mol. The molecule has 0 saturated carbocycles. The van der Waals surface area contributed by atoms with E-state index in [0.717, 1.165) is 17.1 Å². The van der Waals surface area contributed by atoms with Crippen LogP contribution in [-0.4, -0.2) is 9.38 Å². The Bertz CT molecular complexity index is 701. The molecule has 0 amide bonds. The molecule has 0 bridgehead atoms. The van der Waals surface area contributed by atoms with E-state index in [4.69, 9.17) is 10.5 Å². The fraction of sp³-hybridized carbons (Fsp3) is 0.133. The molecule has 4 nitrogen and oxygen atoms in total. The van der Waals surface area contributed by atoms with E-state index < -0.39 is 0 Å². The Labute approximate surface area is 111 Å². The zero-order valence-electron chi connectivity index (χ0n) is 10.7. The molecule has 96 valence electrons. The highest BCUT2D eigenvalue weighted by Gasteiger charge is 2.06. The average Bonchev–Trinajstić information content (AvgIpc) is 2.83. The van der Waals surface area contributed by atoms with Crippen LogP contribution in [0.1, 0.15) is 11.3 Å². The second kappa shape index (κ2) is 4.65. The van der Waals surface area contributed by atoms with Gasteiger partial charge in [0.25, 0.3) is 0 Å². The van der Waals surface area contributed by atoms with E-state index in [1.54, 1.807) is 6.20 Å². The first-order valence-corrected chi connectivity index (χ1v) is 6.14. The van der Waals surface area contributed by atoms with Crippen LogP contribution in [0, 0.1) is 6.92 Å². The highest BCUT2D eigenvalue weighted by atomic mass is 16.5. The molecule has 19 heavy (non-hydrogen) atoms. The minimum atomic E-state index is 0.443. The van der Waals surface area contributed by atoms with E-state index in [1.807, 2.05) is 46.9 Å². The molecule has 0 unspecified atom stereocenters. The summed E-state index contributed by atoms with van der Waals surface area (Å²) in [6, 6.07) is 13.6. The number of aromatic nitrogens is 2. The van der Waals surface area contributed by atoms with Crippen LogP contribution in [0.15, 0.2) is 48.7 Å². The molecule has 3 rings (SSSR count). The molecule has 2 N–H and O–H groups in total. The number of nitrogens with two attached hydrogens (primary N) is 1. The monoisotopic (exact) mass is 253 g/mol. The fourth-order valence-electron chi connectivity index (χ4n) is 2.02. The Kier molecular flexibility index (Phi) is 2.83. The van der Waals surface area contributed by atoms with E-state index >= 15 is 0 Å². The third kappa shape index (κ3) is 2.25. The smallest absolute Gasteiger partial charge is 0.138 e. The Morgan fingerprint density at radius 3 is 2.74 bits per heavy atom. The van der Waals surface area contributed by atoms with Crippen molar-refractivity contribution < 1.29 is 4.74 Å². The number of fused-ring (bicyclic) bond motifs is 1. The fourth-order valence-corrected chi connectivity index (χ4v) is 2.02. The van der Waals surface area contributed by atoms with Crippen molar-refractivity contribution in [3.63, 3.8) is 0 Å². The van der Waals surface area contributed by atoms with Gasteiger partial charge in [0.2, 0.25) is 0 Å². The van der Waals surface area contributed by atoms with Gasteiger partial charge in [-0.25, -0.2) is 4.98 Å². The second-order valence-electron chi connectivity index (χ2n) is 4.50. The van der Waals surface area contributed by atoms with Crippen molar-refractivity contribution in [3.8, 4) is 5.75 Å². The van der Waals surface area contributed by atoms with Crippen molar-refractivity contribution >= 4 is 11.5 Å². The molecule has 0 radical (unpaired) electrons. The Morgan fingerprint density at radius 2 is 1.95 bits per heavy atom. The zero-order valence-corrected chi connectivity index (χ0v) is 10.7. The zero-order chi connectivity index (χ0) is 13.2. The van der Waals surface area contributed by atoms with Crippen LogP contribution in [0.4, 0.5) is 5.82 Å². The van der Waals surface area contributed by atoms with Crippen molar-refractivity contribution in [1.82, 2.24) is 9.38 Å². The molecule has 0 aliphatic carbocycles. The number of hydrogen-bond acceptors (Lipinski definition) is 3. The van der Waals surface area contributed by atoms with Crippen LogP contribution in [0.3, 0.4) is 0 Å². The predicted octanol–water partition coefficient (Wildman–Crippen LogP) is 2.80. The van der Waals surface area contributed by atoms with Gasteiger partial charge in [0.15, 0.2) is 0 Å². The first-order chi connectivity index (χ1) is 9.24. The molecule has 0 fully saturated rings. The van der Waals surface area contributed by atoms with Gasteiger partial charge in [-0.3, -0.25) is 4.40 Å². The molecule has 0 saturated heterocycles. The van der Waals surface area contributed by atoms with Gasteiger partial charge in [0.05, 0.1) is 11.9 Å². The summed E-state index contributed by atoms with van der Waals surface area (Å²) >= 11 is 0. The molecule has 4 heteroatoms. The normalized spacial score (nSPS) is 10.8. The standard InChI is InChI=1S/C15H15N3O/c1-11-5-7-13(8-6-11)19-10-12-9-17-15-4-2-3-14(16)18(12)15/h2-9H,10,16H2,1H3. The molecule has 0 atom stereocenters. The van der Waals surface area contributed by atoms with Gasteiger partial charge in [-0.15, -0.1) is 0 Å². The lowest BCUT2D eigenvalue weighted by Gasteiger charge is -2.07. The number of imidazole rings is 1. The molecule has 1 aromatic carbocycles. The molecule has 2 aromatic heterocycles. The summed E-state index contributed by atoms with van der Waals surface area (Å²) in [4.78, 5) is 4.31. The van der Waals surface area contributed by atoms with Gasteiger partial charge in [0, 0.05) is 0 Å². The minimum Gasteiger partial charge on any atom is -0.487 e. The Morgan fingerprint density at radius 1 is 1.16 bits per heavy atom. The van der Waals surface area contributed by atoms with Gasteiger partial charge in [-0.2, -0.15) is 0 Å². The Hall–Kier alpha value is -2.49. The van der Waals surface area contributed by atoms with Crippen LogP contribution < -0.4 is 10.5 Å². The minimum absolute atomic E-state index is 0.443. The summed E-state index contributed by atoms with van der Waals surface area (Å²) in [6.07, 6.45) is 1.79. The largest absolute Gasteiger partial charge is 0.487 e. The van der Waals surface area contributed by atoms with Crippen molar-refractivity contribution in [2.75, 3.05) is 5.73 Å². The van der Waals surface area contributed by atoms with Crippen LogP contribution >= 0.6 is 0 Å². The van der Waals surface area contributed by atoms with Gasteiger partial charge in [-0.05, 0) is 31.2 Å². The van der Waals surface area contributed by atoms with Gasteiger partial charge >= 0.3 is 0 Å². The lowest BCUT2D eigenvalue weighted by molar-refractivity contribution is 0.300. The molecule has 2 heterocycles. The summed E-state index contributed by atoms with van der Waals surface area (Å²) in [6.45, 7) is 2.49. The molecular formula is C15H15N3O. The van der Waals surface area contributed by atoms with E-state index in [0.29, 0.717) is 12.4 Å². The molecule has 0 spiro atoms. The van der Waals surface area contributed by atoms with Crippen LogP contribution in [0.25, 0.3) is 5.65 Å². The molecule has 0 aliphatic heterocycles. The highest BCUT2D eigenvalue weighted by molar-refractivity contribution is 5.49.